The fourth-order valence-electron chi connectivity index (χ4n) is 4.00. The lowest BCUT2D eigenvalue weighted by atomic mass is 9.98. The van der Waals surface area contributed by atoms with Crippen molar-refractivity contribution in [2.24, 2.45) is 0 Å². The van der Waals surface area contributed by atoms with Crippen molar-refractivity contribution >= 4 is 6.09 Å². The van der Waals surface area contributed by atoms with Gasteiger partial charge in [-0.05, 0) is 34.7 Å². The van der Waals surface area contributed by atoms with E-state index < -0.39 is 18.3 Å². The number of pyridine rings is 1. The summed E-state index contributed by atoms with van der Waals surface area (Å²) in [6, 6.07) is 19.2. The number of hydrogen-bond donors (Lipinski definition) is 3. The van der Waals surface area contributed by atoms with Crippen LogP contribution in [0, 0.1) is 5.21 Å². The zero-order chi connectivity index (χ0) is 21.8. The van der Waals surface area contributed by atoms with E-state index in [4.69, 9.17) is 4.74 Å². The van der Waals surface area contributed by atoms with Crippen LogP contribution in [0.1, 0.15) is 35.1 Å². The number of amides is 1. The molecule has 4 rings (SSSR count). The van der Waals surface area contributed by atoms with Crippen molar-refractivity contribution in [3.63, 3.8) is 0 Å². The van der Waals surface area contributed by atoms with Crippen molar-refractivity contribution in [3.05, 3.63) is 95.0 Å². The Morgan fingerprint density at radius 1 is 1.03 bits per heavy atom. The third kappa shape index (κ3) is 4.52. The zero-order valence-corrected chi connectivity index (χ0v) is 16.8. The van der Waals surface area contributed by atoms with Crippen LogP contribution in [0.25, 0.3) is 11.1 Å². The lowest BCUT2D eigenvalue weighted by molar-refractivity contribution is -0.606. The average molecular weight is 420 g/mol. The molecule has 7 heteroatoms. The van der Waals surface area contributed by atoms with Gasteiger partial charge in [-0.1, -0.05) is 48.5 Å². The highest BCUT2D eigenvalue weighted by Gasteiger charge is 2.29. The number of carbonyl (C=O) groups excluding carboxylic acids is 1. The van der Waals surface area contributed by atoms with Gasteiger partial charge in [0.1, 0.15) is 12.7 Å². The van der Waals surface area contributed by atoms with Gasteiger partial charge in [-0.25, -0.2) is 4.79 Å². The maximum Gasteiger partial charge on any atom is 0.407 e. The lowest BCUT2D eigenvalue weighted by Crippen LogP contribution is -2.31. The number of aromatic nitrogens is 1. The summed E-state index contributed by atoms with van der Waals surface area (Å²) in [5.74, 6) is -0.0255. The van der Waals surface area contributed by atoms with Crippen LogP contribution >= 0.6 is 0 Å². The number of aliphatic hydroxyl groups is 2. The van der Waals surface area contributed by atoms with Crippen molar-refractivity contribution in [2.45, 2.75) is 24.5 Å². The number of hydrogen-bond acceptors (Lipinski definition) is 5. The van der Waals surface area contributed by atoms with Crippen molar-refractivity contribution in [1.82, 2.24) is 5.32 Å². The molecule has 2 atom stereocenters. The van der Waals surface area contributed by atoms with Crippen LogP contribution in [0.5, 0.6) is 0 Å². The molecule has 0 aliphatic heterocycles. The Morgan fingerprint density at radius 2 is 1.68 bits per heavy atom. The number of ether oxygens (including phenoxy) is 1. The number of alkyl carbamates (subject to hydrolysis) is 1. The number of rotatable bonds is 7. The second-order valence-electron chi connectivity index (χ2n) is 7.55. The minimum atomic E-state index is -1.22. The molecule has 2 aromatic carbocycles. The highest BCUT2D eigenvalue weighted by atomic mass is 16.5. The molecule has 0 saturated carbocycles. The molecule has 0 fully saturated rings. The van der Waals surface area contributed by atoms with E-state index in [1.165, 1.54) is 18.5 Å². The Morgan fingerprint density at radius 3 is 2.32 bits per heavy atom. The lowest BCUT2D eigenvalue weighted by Gasteiger charge is -2.18. The number of aliphatic hydroxyl groups excluding tert-OH is 2. The van der Waals surface area contributed by atoms with E-state index in [1.54, 1.807) is 6.07 Å². The largest absolute Gasteiger partial charge is 0.619 e. The summed E-state index contributed by atoms with van der Waals surface area (Å²) in [6.45, 7) is 0.331. The van der Waals surface area contributed by atoms with Crippen LogP contribution in [0.3, 0.4) is 0 Å². The van der Waals surface area contributed by atoms with Crippen molar-refractivity contribution in [3.8, 4) is 11.1 Å². The molecule has 0 saturated heterocycles. The quantitative estimate of drug-likeness (QED) is 0.403. The molecule has 2 unspecified atom stereocenters. The van der Waals surface area contributed by atoms with Gasteiger partial charge in [0.05, 0.1) is 6.10 Å². The fraction of sp³-hybridized carbons (Fsp3) is 0.250. The molecule has 3 aromatic rings. The molecule has 0 bridgehead atoms. The Kier molecular flexibility index (Phi) is 6.16. The van der Waals surface area contributed by atoms with Crippen LogP contribution in [0.15, 0.2) is 73.1 Å². The van der Waals surface area contributed by atoms with Gasteiger partial charge in [0.25, 0.3) is 0 Å². The first-order valence-electron chi connectivity index (χ1n) is 10.2. The summed E-state index contributed by atoms with van der Waals surface area (Å²) in [5, 5.41) is 34.2. The standard InChI is InChI=1S/C24H24N2O5/c27-22(23(28)16-6-5-13-26(30)14-16)11-12-25-24(29)31-15-21-19-9-3-1-7-17(19)18-8-2-4-10-20(18)21/h1-10,13-14,21-23,27-28H,11-12,15H2,(H,25,29). The summed E-state index contributed by atoms with van der Waals surface area (Å²) >= 11 is 0. The van der Waals surface area contributed by atoms with E-state index >= 15 is 0 Å². The van der Waals surface area contributed by atoms with Crippen LogP contribution in [0.4, 0.5) is 4.79 Å². The average Bonchev–Trinajstić information content (AvgIpc) is 3.11. The summed E-state index contributed by atoms with van der Waals surface area (Å²) in [4.78, 5) is 12.2. The summed E-state index contributed by atoms with van der Waals surface area (Å²) < 4.78 is 6.00. The molecular weight excluding hydrogens is 396 g/mol. The van der Waals surface area contributed by atoms with E-state index in [2.05, 4.69) is 17.4 Å². The molecular formula is C24H24N2O5. The Hall–Kier alpha value is -3.42. The van der Waals surface area contributed by atoms with E-state index in [0.717, 1.165) is 22.3 Å². The van der Waals surface area contributed by atoms with Gasteiger partial charge in [0.2, 0.25) is 0 Å². The van der Waals surface area contributed by atoms with Crippen LogP contribution in [-0.2, 0) is 4.74 Å². The monoisotopic (exact) mass is 420 g/mol. The molecule has 7 nitrogen and oxygen atoms in total. The van der Waals surface area contributed by atoms with Gasteiger partial charge < -0.3 is 25.5 Å². The molecule has 1 aliphatic rings. The maximum absolute atomic E-state index is 12.2. The minimum absolute atomic E-state index is 0.0255. The van der Waals surface area contributed by atoms with Crippen molar-refractivity contribution in [1.29, 1.82) is 0 Å². The molecule has 1 aromatic heterocycles. The third-order valence-corrected chi connectivity index (χ3v) is 5.56. The van der Waals surface area contributed by atoms with E-state index in [-0.39, 0.29) is 25.5 Å². The second kappa shape index (κ2) is 9.16. The van der Waals surface area contributed by atoms with Gasteiger partial charge in [-0.3, -0.25) is 0 Å². The van der Waals surface area contributed by atoms with Crippen molar-refractivity contribution < 1.29 is 24.5 Å². The van der Waals surface area contributed by atoms with E-state index in [0.29, 0.717) is 10.3 Å². The summed E-state index contributed by atoms with van der Waals surface area (Å²) in [5.41, 5.74) is 4.89. The molecule has 0 radical (unpaired) electrons. The van der Waals surface area contributed by atoms with Crippen molar-refractivity contribution in [2.75, 3.05) is 13.2 Å². The Labute approximate surface area is 180 Å². The van der Waals surface area contributed by atoms with E-state index in [9.17, 15) is 20.2 Å². The smallest absolute Gasteiger partial charge is 0.407 e. The molecule has 3 N–H and O–H groups in total. The third-order valence-electron chi connectivity index (χ3n) is 5.56. The normalized spacial score (nSPS) is 14.4. The molecule has 160 valence electrons. The molecule has 0 spiro atoms. The van der Waals surface area contributed by atoms with Crippen LogP contribution < -0.4 is 10.0 Å². The highest BCUT2D eigenvalue weighted by molar-refractivity contribution is 5.79. The number of nitrogens with zero attached hydrogens (tertiary/aromatic N) is 1. The van der Waals surface area contributed by atoms with Gasteiger partial charge >= 0.3 is 6.09 Å². The SMILES string of the molecule is O=C(NCCC(O)C(O)c1ccc[n+]([O-])c1)OCC1c2ccccc2-c2ccccc21. The molecule has 1 amide bonds. The van der Waals surface area contributed by atoms with Gasteiger partial charge in [-0.2, -0.15) is 4.73 Å². The van der Waals surface area contributed by atoms with E-state index in [1.807, 2.05) is 36.4 Å². The number of fused-ring (bicyclic) bond motifs is 3. The Balaban J connectivity index is 1.28. The second-order valence-corrected chi connectivity index (χ2v) is 7.55. The number of benzene rings is 2. The molecule has 1 heterocycles. The predicted molar refractivity (Wildman–Crippen MR) is 114 cm³/mol. The highest BCUT2D eigenvalue weighted by Crippen LogP contribution is 2.44. The Bertz CT molecular complexity index is 1030. The first kappa shape index (κ1) is 20.8. The first-order valence-corrected chi connectivity index (χ1v) is 10.2. The number of carbonyl (C=O) groups is 1. The molecule has 1 aliphatic carbocycles. The predicted octanol–water partition coefficient (Wildman–Crippen LogP) is 2.64. The maximum atomic E-state index is 12.2. The van der Waals surface area contributed by atoms with Gasteiger partial charge in [0.15, 0.2) is 12.4 Å². The summed E-state index contributed by atoms with van der Waals surface area (Å²) in [6.07, 6.45) is -0.324. The topological polar surface area (TPSA) is 106 Å². The number of nitrogens with one attached hydrogen (secondary N) is 1. The first-order chi connectivity index (χ1) is 15.0. The van der Waals surface area contributed by atoms with Gasteiger partial charge in [0, 0.05) is 24.1 Å². The van der Waals surface area contributed by atoms with Gasteiger partial charge in [-0.15, -0.1) is 0 Å². The van der Waals surface area contributed by atoms with Crippen LogP contribution in [0.2, 0.25) is 0 Å². The minimum Gasteiger partial charge on any atom is -0.619 e. The summed E-state index contributed by atoms with van der Waals surface area (Å²) in [7, 11) is 0. The molecule has 31 heavy (non-hydrogen) atoms. The fourth-order valence-corrected chi connectivity index (χ4v) is 4.00. The zero-order valence-electron chi connectivity index (χ0n) is 16.8. The van der Waals surface area contributed by atoms with Crippen LogP contribution in [-0.4, -0.2) is 35.6 Å².